The summed E-state index contributed by atoms with van der Waals surface area (Å²) in [7, 11) is 0. The summed E-state index contributed by atoms with van der Waals surface area (Å²) in [6.45, 7) is 3.51. The third kappa shape index (κ3) is 6.68. The Kier molecular flexibility index (Phi) is 7.16. The molecular weight excluding hydrogens is 360 g/mol. The predicted molar refractivity (Wildman–Crippen MR) is 99.7 cm³/mol. The second-order valence-electron chi connectivity index (χ2n) is 5.36. The molecule has 2 aromatic carbocycles. The third-order valence-corrected chi connectivity index (χ3v) is 4.54. The van der Waals surface area contributed by atoms with Crippen molar-refractivity contribution in [1.29, 1.82) is 0 Å². The number of hydrazine groups is 1. The van der Waals surface area contributed by atoms with Crippen molar-refractivity contribution in [3.8, 4) is 5.75 Å². The van der Waals surface area contributed by atoms with Gasteiger partial charge in [-0.3, -0.25) is 20.4 Å². The summed E-state index contributed by atoms with van der Waals surface area (Å²) in [6, 6.07) is 14.6. The topological polar surface area (TPSA) is 67.4 Å². The average molecular weight is 379 g/mol. The SMILES string of the molecule is Cc1cccc(OCC(=O)NNC(=O)C(C)Sc2ccc(Cl)cc2)c1. The second kappa shape index (κ2) is 9.34. The van der Waals surface area contributed by atoms with Gasteiger partial charge in [0.15, 0.2) is 6.61 Å². The van der Waals surface area contributed by atoms with E-state index in [0.717, 1.165) is 10.5 Å². The minimum absolute atomic E-state index is 0.178. The Labute approximate surface area is 156 Å². The first kappa shape index (κ1) is 19.1. The summed E-state index contributed by atoms with van der Waals surface area (Å²) < 4.78 is 5.37. The minimum atomic E-state index is -0.432. The van der Waals surface area contributed by atoms with Crippen LogP contribution < -0.4 is 15.6 Å². The highest BCUT2D eigenvalue weighted by Crippen LogP contribution is 2.24. The van der Waals surface area contributed by atoms with Crippen molar-refractivity contribution in [2.24, 2.45) is 0 Å². The van der Waals surface area contributed by atoms with Crippen molar-refractivity contribution in [3.05, 3.63) is 59.1 Å². The molecule has 0 bridgehead atoms. The molecule has 2 aromatic rings. The zero-order chi connectivity index (χ0) is 18.2. The fourth-order valence-corrected chi connectivity index (χ4v) is 2.89. The first-order chi connectivity index (χ1) is 11.9. The molecule has 0 saturated heterocycles. The molecule has 25 heavy (non-hydrogen) atoms. The molecule has 2 rings (SSSR count). The number of benzene rings is 2. The van der Waals surface area contributed by atoms with Crippen LogP contribution in [0.15, 0.2) is 53.4 Å². The molecule has 0 heterocycles. The van der Waals surface area contributed by atoms with E-state index in [1.807, 2.05) is 37.3 Å². The van der Waals surface area contributed by atoms with Gasteiger partial charge in [-0.15, -0.1) is 11.8 Å². The normalized spacial score (nSPS) is 11.5. The van der Waals surface area contributed by atoms with Gasteiger partial charge < -0.3 is 4.74 Å². The van der Waals surface area contributed by atoms with Crippen molar-refractivity contribution in [2.75, 3.05) is 6.61 Å². The van der Waals surface area contributed by atoms with E-state index >= 15 is 0 Å². The number of thioether (sulfide) groups is 1. The van der Waals surface area contributed by atoms with Gasteiger partial charge in [-0.25, -0.2) is 0 Å². The van der Waals surface area contributed by atoms with Gasteiger partial charge in [-0.2, -0.15) is 0 Å². The number of amides is 2. The maximum absolute atomic E-state index is 12.0. The Morgan fingerprint density at radius 1 is 1.16 bits per heavy atom. The van der Waals surface area contributed by atoms with E-state index in [2.05, 4.69) is 10.9 Å². The van der Waals surface area contributed by atoms with Gasteiger partial charge in [0.25, 0.3) is 11.8 Å². The highest BCUT2D eigenvalue weighted by molar-refractivity contribution is 8.00. The number of nitrogens with one attached hydrogen (secondary N) is 2. The van der Waals surface area contributed by atoms with Gasteiger partial charge in [-0.05, 0) is 55.8 Å². The Hall–Kier alpha value is -2.18. The highest BCUT2D eigenvalue weighted by atomic mass is 35.5. The monoisotopic (exact) mass is 378 g/mol. The molecule has 0 saturated carbocycles. The number of hydrogen-bond donors (Lipinski definition) is 2. The zero-order valence-corrected chi connectivity index (χ0v) is 15.5. The molecule has 0 fully saturated rings. The summed E-state index contributed by atoms with van der Waals surface area (Å²) in [5.74, 6) is -0.129. The first-order valence-corrected chi connectivity index (χ1v) is 8.90. The van der Waals surface area contributed by atoms with Gasteiger partial charge >= 0.3 is 0 Å². The molecule has 0 aliphatic carbocycles. The van der Waals surface area contributed by atoms with Gasteiger partial charge in [0, 0.05) is 9.92 Å². The number of hydrogen-bond acceptors (Lipinski definition) is 4. The number of ether oxygens (including phenoxy) is 1. The molecule has 132 valence electrons. The maximum Gasteiger partial charge on any atom is 0.276 e. The van der Waals surface area contributed by atoms with Gasteiger partial charge in [-0.1, -0.05) is 23.7 Å². The molecule has 2 N–H and O–H groups in total. The molecule has 0 aromatic heterocycles. The number of halogens is 1. The van der Waals surface area contributed by atoms with E-state index in [1.54, 1.807) is 25.1 Å². The molecule has 0 aliphatic heterocycles. The van der Waals surface area contributed by atoms with Gasteiger partial charge in [0.05, 0.1) is 5.25 Å². The fraction of sp³-hybridized carbons (Fsp3) is 0.222. The minimum Gasteiger partial charge on any atom is -0.484 e. The van der Waals surface area contributed by atoms with E-state index < -0.39 is 5.91 Å². The van der Waals surface area contributed by atoms with Crippen molar-refractivity contribution >= 4 is 35.2 Å². The third-order valence-electron chi connectivity index (χ3n) is 3.18. The van der Waals surface area contributed by atoms with Crippen LogP contribution in [0.3, 0.4) is 0 Å². The van der Waals surface area contributed by atoms with Crippen LogP contribution in [0.4, 0.5) is 0 Å². The van der Waals surface area contributed by atoms with Crippen molar-refractivity contribution in [1.82, 2.24) is 10.9 Å². The largest absolute Gasteiger partial charge is 0.484 e. The van der Waals surface area contributed by atoms with Gasteiger partial charge in [0.1, 0.15) is 5.75 Å². The predicted octanol–water partition coefficient (Wildman–Crippen LogP) is 3.36. The van der Waals surface area contributed by atoms with Crippen LogP contribution in [-0.4, -0.2) is 23.7 Å². The van der Waals surface area contributed by atoms with Crippen LogP contribution in [0.25, 0.3) is 0 Å². The van der Waals surface area contributed by atoms with Crippen LogP contribution in [0.1, 0.15) is 12.5 Å². The number of rotatable bonds is 6. The molecule has 1 atom stereocenters. The smallest absolute Gasteiger partial charge is 0.276 e. The Bertz CT molecular complexity index is 737. The molecular formula is C18H19ClN2O3S. The van der Waals surface area contributed by atoms with Crippen LogP contribution in [0.2, 0.25) is 5.02 Å². The molecule has 0 radical (unpaired) electrons. The van der Waals surface area contributed by atoms with E-state index in [4.69, 9.17) is 16.3 Å². The summed E-state index contributed by atoms with van der Waals surface area (Å²) in [5.41, 5.74) is 5.78. The van der Waals surface area contributed by atoms with Crippen molar-refractivity contribution in [2.45, 2.75) is 24.0 Å². The lowest BCUT2D eigenvalue weighted by molar-refractivity contribution is -0.129. The Morgan fingerprint density at radius 3 is 2.56 bits per heavy atom. The molecule has 2 amide bonds. The van der Waals surface area contributed by atoms with Crippen LogP contribution in [0.5, 0.6) is 5.75 Å². The summed E-state index contributed by atoms with van der Waals surface area (Å²) in [6.07, 6.45) is 0. The molecule has 7 heteroatoms. The molecule has 0 aliphatic rings. The summed E-state index contributed by atoms with van der Waals surface area (Å²) in [5, 5.41) is 0.265. The van der Waals surface area contributed by atoms with E-state index in [9.17, 15) is 9.59 Å². The molecule has 1 unspecified atom stereocenters. The summed E-state index contributed by atoms with van der Waals surface area (Å²) in [4.78, 5) is 24.7. The van der Waals surface area contributed by atoms with Crippen LogP contribution >= 0.6 is 23.4 Å². The highest BCUT2D eigenvalue weighted by Gasteiger charge is 2.15. The Morgan fingerprint density at radius 2 is 1.88 bits per heavy atom. The lowest BCUT2D eigenvalue weighted by Crippen LogP contribution is -2.46. The number of carbonyl (C=O) groups excluding carboxylic acids is 2. The van der Waals surface area contributed by atoms with E-state index in [-0.39, 0.29) is 17.8 Å². The van der Waals surface area contributed by atoms with Crippen LogP contribution in [-0.2, 0) is 9.59 Å². The second-order valence-corrected chi connectivity index (χ2v) is 7.21. The molecule has 0 spiro atoms. The van der Waals surface area contributed by atoms with Crippen LogP contribution in [0, 0.1) is 6.92 Å². The average Bonchev–Trinajstić information content (AvgIpc) is 2.60. The van der Waals surface area contributed by atoms with Crippen molar-refractivity contribution < 1.29 is 14.3 Å². The fourth-order valence-electron chi connectivity index (χ4n) is 1.89. The lowest BCUT2D eigenvalue weighted by Gasteiger charge is -2.13. The van der Waals surface area contributed by atoms with E-state index in [0.29, 0.717) is 10.8 Å². The van der Waals surface area contributed by atoms with Gasteiger partial charge in [0.2, 0.25) is 0 Å². The quantitative estimate of drug-likeness (QED) is 0.597. The lowest BCUT2D eigenvalue weighted by atomic mass is 10.2. The summed E-state index contributed by atoms with van der Waals surface area (Å²) >= 11 is 7.20. The molecule has 5 nitrogen and oxygen atoms in total. The number of carbonyl (C=O) groups is 2. The first-order valence-electron chi connectivity index (χ1n) is 7.64. The maximum atomic E-state index is 12.0. The zero-order valence-electron chi connectivity index (χ0n) is 13.9. The Balaban J connectivity index is 1.72. The van der Waals surface area contributed by atoms with E-state index in [1.165, 1.54) is 11.8 Å². The van der Waals surface area contributed by atoms with Crippen molar-refractivity contribution in [3.63, 3.8) is 0 Å². The number of aryl methyl sites for hydroxylation is 1. The standard InChI is InChI=1S/C18H19ClN2O3S/c1-12-4-3-5-15(10-12)24-11-17(22)20-21-18(23)13(2)25-16-8-6-14(19)7-9-16/h3-10,13H,11H2,1-2H3,(H,20,22)(H,21,23).